The maximum Gasteiger partial charge on any atom is 0.189 e. The van der Waals surface area contributed by atoms with E-state index in [9.17, 15) is 0 Å². The third kappa shape index (κ3) is 3.14. The fourth-order valence-corrected chi connectivity index (χ4v) is 5.51. The van der Waals surface area contributed by atoms with Gasteiger partial charge in [0.05, 0.1) is 5.52 Å². The van der Waals surface area contributed by atoms with Gasteiger partial charge in [-0.05, 0) is 60.5 Å². The molecule has 0 bridgehead atoms. The van der Waals surface area contributed by atoms with Gasteiger partial charge in [-0.2, -0.15) is 0 Å². The molecule has 152 valence electrons. The van der Waals surface area contributed by atoms with Crippen molar-refractivity contribution in [1.82, 2.24) is 24.6 Å². The summed E-state index contributed by atoms with van der Waals surface area (Å²) < 4.78 is 9.76. The number of fused-ring (bicyclic) bond motifs is 6. The average molecular weight is 490 g/mol. The van der Waals surface area contributed by atoms with Gasteiger partial charge in [-0.1, -0.05) is 28.1 Å². The van der Waals surface area contributed by atoms with Crippen molar-refractivity contribution in [2.75, 3.05) is 0 Å². The highest BCUT2D eigenvalue weighted by Gasteiger charge is 2.16. The van der Waals surface area contributed by atoms with Crippen LogP contribution in [0.25, 0.3) is 36.9 Å². The molecule has 0 spiro atoms. The predicted octanol–water partition coefficient (Wildman–Crippen LogP) is 6.00. The minimum atomic E-state index is 0.284. The van der Waals surface area contributed by atoms with Crippen molar-refractivity contribution in [3.05, 3.63) is 70.3 Å². The molecule has 6 rings (SSSR count). The van der Waals surface area contributed by atoms with Crippen molar-refractivity contribution in [2.45, 2.75) is 20.5 Å². The second kappa shape index (κ2) is 6.96. The molecule has 0 unspecified atom stereocenters. The van der Waals surface area contributed by atoms with Gasteiger partial charge in [0.15, 0.2) is 11.5 Å². The largest absolute Gasteiger partial charge is 0.486 e. The smallest absolute Gasteiger partial charge is 0.189 e. The van der Waals surface area contributed by atoms with Crippen molar-refractivity contribution in [1.29, 1.82) is 0 Å². The normalized spacial score (nSPS) is 11.8. The number of rotatable bonds is 3. The third-order valence-corrected chi connectivity index (χ3v) is 6.84. The summed E-state index contributed by atoms with van der Waals surface area (Å²) in [5, 5.41) is 7.93. The molecular weight excluding hydrogens is 474 g/mol. The van der Waals surface area contributed by atoms with E-state index in [1.165, 1.54) is 5.56 Å². The Morgan fingerprint density at radius 2 is 1.87 bits per heavy atom. The number of thiophene rings is 1. The van der Waals surface area contributed by atoms with E-state index in [0.29, 0.717) is 5.82 Å². The zero-order chi connectivity index (χ0) is 21.1. The third-order valence-electron chi connectivity index (χ3n) is 5.28. The molecule has 0 aliphatic heterocycles. The first-order valence-corrected chi connectivity index (χ1v) is 11.4. The maximum atomic E-state index is 5.99. The van der Waals surface area contributed by atoms with E-state index in [4.69, 9.17) is 9.72 Å². The molecule has 0 aliphatic rings. The fraction of sp³-hybridized carbons (Fsp3) is 0.130. The highest BCUT2D eigenvalue weighted by Crippen LogP contribution is 2.35. The molecule has 6 nitrogen and oxygen atoms in total. The highest BCUT2D eigenvalue weighted by molar-refractivity contribution is 9.10. The van der Waals surface area contributed by atoms with Gasteiger partial charge in [0.25, 0.3) is 0 Å². The summed E-state index contributed by atoms with van der Waals surface area (Å²) in [6.07, 6.45) is 1.72. The van der Waals surface area contributed by atoms with Gasteiger partial charge in [0.1, 0.15) is 28.2 Å². The lowest BCUT2D eigenvalue weighted by molar-refractivity contribution is 0.296. The summed E-state index contributed by atoms with van der Waals surface area (Å²) in [6.45, 7) is 4.39. The topological polar surface area (TPSA) is 65.2 Å². The zero-order valence-electron chi connectivity index (χ0n) is 16.8. The van der Waals surface area contributed by atoms with Crippen molar-refractivity contribution < 1.29 is 4.74 Å². The first kappa shape index (κ1) is 18.7. The fourth-order valence-electron chi connectivity index (χ4n) is 3.91. The van der Waals surface area contributed by atoms with Crippen LogP contribution in [-0.4, -0.2) is 24.6 Å². The number of hydrogen-bond acceptors (Lipinski definition) is 6. The van der Waals surface area contributed by atoms with Gasteiger partial charge in [-0.3, -0.25) is 0 Å². The predicted molar refractivity (Wildman–Crippen MR) is 127 cm³/mol. The van der Waals surface area contributed by atoms with Crippen molar-refractivity contribution in [3.63, 3.8) is 0 Å². The number of benzene rings is 2. The molecule has 0 saturated carbocycles. The van der Waals surface area contributed by atoms with E-state index >= 15 is 0 Å². The Hall–Kier alpha value is -3.10. The number of halogens is 1. The van der Waals surface area contributed by atoms with Crippen molar-refractivity contribution >= 4 is 64.1 Å². The Bertz CT molecular complexity index is 1640. The van der Waals surface area contributed by atoms with Crippen LogP contribution < -0.4 is 4.74 Å². The second-order valence-electron chi connectivity index (χ2n) is 7.52. The molecule has 0 aliphatic carbocycles. The standard InChI is InChI=1S/C23H16BrN5OS/c1-12-7-13(2)26-23-19(12)20-21(31-23)22-27-18(28-29(22)11-25-20)10-30-17-6-4-14-8-16(24)5-3-15(14)9-17/h3-9,11H,10H2,1-2H3. The summed E-state index contributed by atoms with van der Waals surface area (Å²) in [4.78, 5) is 15.1. The molecular formula is C23H16BrN5OS. The highest BCUT2D eigenvalue weighted by atomic mass is 79.9. The Morgan fingerprint density at radius 1 is 1.03 bits per heavy atom. The van der Waals surface area contributed by atoms with Crippen LogP contribution in [-0.2, 0) is 6.61 Å². The molecule has 0 radical (unpaired) electrons. The molecule has 31 heavy (non-hydrogen) atoms. The van der Waals surface area contributed by atoms with E-state index < -0.39 is 0 Å². The van der Waals surface area contributed by atoms with E-state index in [1.54, 1.807) is 22.2 Å². The molecule has 4 aromatic heterocycles. The lowest BCUT2D eigenvalue weighted by Gasteiger charge is -2.05. The lowest BCUT2D eigenvalue weighted by Crippen LogP contribution is -1.98. The van der Waals surface area contributed by atoms with Gasteiger partial charge in [-0.15, -0.1) is 16.4 Å². The number of nitrogens with zero attached hydrogens (tertiary/aromatic N) is 5. The second-order valence-corrected chi connectivity index (χ2v) is 9.44. The first-order valence-electron chi connectivity index (χ1n) is 9.78. The molecule has 6 aromatic rings. The van der Waals surface area contributed by atoms with E-state index in [1.807, 2.05) is 25.1 Å². The number of aromatic nitrogens is 5. The van der Waals surface area contributed by atoms with Gasteiger partial charge in [0.2, 0.25) is 0 Å². The molecule has 0 fully saturated rings. The van der Waals surface area contributed by atoms with Gasteiger partial charge >= 0.3 is 0 Å². The molecule has 0 saturated heterocycles. The van der Waals surface area contributed by atoms with Crippen LogP contribution in [0.4, 0.5) is 0 Å². The van der Waals surface area contributed by atoms with E-state index in [2.05, 4.69) is 62.2 Å². The Balaban J connectivity index is 1.36. The Labute approximate surface area is 189 Å². The molecule has 0 N–H and O–H groups in total. The van der Waals surface area contributed by atoms with Crippen LogP contribution in [0.3, 0.4) is 0 Å². The SMILES string of the molecule is Cc1cc(C)c2c(n1)sc1c2ncn2nc(COc3ccc4cc(Br)ccc4c3)nc12. The van der Waals surface area contributed by atoms with Gasteiger partial charge < -0.3 is 4.74 Å². The van der Waals surface area contributed by atoms with Crippen LogP contribution >= 0.6 is 27.3 Å². The van der Waals surface area contributed by atoms with Crippen molar-refractivity contribution in [2.24, 2.45) is 0 Å². The van der Waals surface area contributed by atoms with Gasteiger partial charge in [0, 0.05) is 15.6 Å². The number of aryl methyl sites for hydroxylation is 2. The zero-order valence-corrected chi connectivity index (χ0v) is 19.2. The summed E-state index contributed by atoms with van der Waals surface area (Å²) in [7, 11) is 0. The van der Waals surface area contributed by atoms with Crippen LogP contribution in [0.2, 0.25) is 0 Å². The lowest BCUT2D eigenvalue weighted by atomic mass is 10.1. The maximum absolute atomic E-state index is 5.99. The molecule has 8 heteroatoms. The van der Waals surface area contributed by atoms with Crippen molar-refractivity contribution in [3.8, 4) is 5.75 Å². The van der Waals surface area contributed by atoms with Crippen LogP contribution in [0.1, 0.15) is 17.1 Å². The Morgan fingerprint density at radius 3 is 2.77 bits per heavy atom. The monoisotopic (exact) mass is 489 g/mol. The van der Waals surface area contributed by atoms with E-state index in [0.717, 1.165) is 52.8 Å². The van der Waals surface area contributed by atoms with E-state index in [-0.39, 0.29) is 6.61 Å². The summed E-state index contributed by atoms with van der Waals surface area (Å²) in [5.74, 6) is 1.40. The van der Waals surface area contributed by atoms with Gasteiger partial charge in [-0.25, -0.2) is 19.5 Å². The summed E-state index contributed by atoms with van der Waals surface area (Å²) in [5.41, 5.74) is 3.90. The number of hydrogen-bond donors (Lipinski definition) is 0. The summed E-state index contributed by atoms with van der Waals surface area (Å²) in [6, 6.07) is 14.3. The average Bonchev–Trinajstić information content (AvgIpc) is 3.32. The quantitative estimate of drug-likeness (QED) is 0.305. The molecule has 4 heterocycles. The number of ether oxygens (including phenoxy) is 1. The molecule has 2 aromatic carbocycles. The minimum absolute atomic E-state index is 0.284. The minimum Gasteiger partial charge on any atom is -0.486 e. The summed E-state index contributed by atoms with van der Waals surface area (Å²) >= 11 is 5.11. The van der Waals surface area contributed by atoms with Crippen LogP contribution in [0, 0.1) is 13.8 Å². The van der Waals surface area contributed by atoms with Crippen LogP contribution in [0.5, 0.6) is 5.75 Å². The molecule has 0 atom stereocenters. The number of pyridine rings is 1. The first-order chi connectivity index (χ1) is 15.0. The van der Waals surface area contributed by atoms with Crippen LogP contribution in [0.15, 0.2) is 53.3 Å². The Kier molecular flexibility index (Phi) is 4.19. The molecule has 0 amide bonds.